The molecule has 2 aromatic carbocycles. The van der Waals surface area contributed by atoms with Gasteiger partial charge in [-0.15, -0.1) is 0 Å². The Morgan fingerprint density at radius 2 is 1.70 bits per heavy atom. The Morgan fingerprint density at radius 3 is 2.27 bits per heavy atom. The molecule has 162 valence electrons. The number of nitrogens with one attached hydrogen (secondary N) is 1. The lowest BCUT2D eigenvalue weighted by molar-refractivity contribution is 0.0595. The van der Waals surface area contributed by atoms with Gasteiger partial charge in [0.25, 0.3) is 5.91 Å². The zero-order chi connectivity index (χ0) is 22.6. The summed E-state index contributed by atoms with van der Waals surface area (Å²) >= 11 is 6.03. The lowest BCUT2D eigenvalue weighted by atomic mass is 10.1. The number of halogens is 3. The molecular weight excluding hydrogens is 442 g/mol. The van der Waals surface area contributed by atoms with Crippen LogP contribution in [0, 0.1) is 11.6 Å². The zero-order valence-electron chi connectivity index (χ0n) is 16.3. The molecule has 0 aromatic heterocycles. The van der Waals surface area contributed by atoms with Gasteiger partial charge < -0.3 is 10.1 Å². The number of nitrogens with zero attached hydrogens (tertiary/aromatic N) is 1. The van der Waals surface area contributed by atoms with Crippen molar-refractivity contribution in [3.63, 3.8) is 0 Å². The molecule has 0 fully saturated rings. The number of sulfonamides is 1. The van der Waals surface area contributed by atoms with Crippen molar-refractivity contribution < 1.29 is 31.5 Å². The van der Waals surface area contributed by atoms with Crippen LogP contribution in [-0.2, 0) is 14.8 Å². The van der Waals surface area contributed by atoms with Gasteiger partial charge >= 0.3 is 5.97 Å². The van der Waals surface area contributed by atoms with E-state index in [1.165, 1.54) is 16.4 Å². The van der Waals surface area contributed by atoms with Crippen LogP contribution in [0.2, 0.25) is 5.02 Å². The van der Waals surface area contributed by atoms with Crippen LogP contribution >= 0.6 is 11.6 Å². The summed E-state index contributed by atoms with van der Waals surface area (Å²) in [5.41, 5.74) is -1.33. The number of benzene rings is 2. The predicted octanol–water partition coefficient (Wildman–Crippen LogP) is 3.69. The van der Waals surface area contributed by atoms with E-state index in [0.717, 1.165) is 19.2 Å². The Morgan fingerprint density at radius 1 is 1.07 bits per heavy atom. The number of hydrogen-bond acceptors (Lipinski definition) is 5. The monoisotopic (exact) mass is 460 g/mol. The number of rotatable bonds is 7. The van der Waals surface area contributed by atoms with Crippen LogP contribution in [0.1, 0.15) is 34.6 Å². The van der Waals surface area contributed by atoms with Crippen molar-refractivity contribution in [3.05, 3.63) is 58.1 Å². The van der Waals surface area contributed by atoms with Crippen LogP contribution in [0.15, 0.2) is 35.2 Å². The standard InChI is InChI=1S/C19H19ClF2N2O5S/c1-4-24(5-2)30(27,28)11-6-7-14(20)12(8-11)18(25)23-17-9-13(19(26)29-3)15(21)10-16(17)22/h6-10H,4-5H2,1-3H3,(H,23,25). The van der Waals surface area contributed by atoms with E-state index in [0.29, 0.717) is 6.07 Å². The van der Waals surface area contributed by atoms with Crippen molar-refractivity contribution in [2.24, 2.45) is 0 Å². The average molecular weight is 461 g/mol. The van der Waals surface area contributed by atoms with Crippen LogP contribution < -0.4 is 5.32 Å². The van der Waals surface area contributed by atoms with E-state index in [1.807, 2.05) is 0 Å². The highest BCUT2D eigenvalue weighted by Crippen LogP contribution is 2.26. The summed E-state index contributed by atoms with van der Waals surface area (Å²) in [6.45, 7) is 3.78. The number of anilines is 1. The molecule has 0 unspecified atom stereocenters. The molecule has 0 spiro atoms. The number of ether oxygens (including phenoxy) is 1. The molecule has 0 radical (unpaired) electrons. The number of carbonyl (C=O) groups excluding carboxylic acids is 2. The van der Waals surface area contributed by atoms with Gasteiger partial charge in [-0.05, 0) is 24.3 Å². The van der Waals surface area contributed by atoms with Crippen molar-refractivity contribution in [1.29, 1.82) is 0 Å². The molecule has 0 aliphatic heterocycles. The molecule has 0 atom stereocenters. The van der Waals surface area contributed by atoms with E-state index in [2.05, 4.69) is 10.1 Å². The molecule has 11 heteroatoms. The summed E-state index contributed by atoms with van der Waals surface area (Å²) in [4.78, 5) is 24.1. The number of amides is 1. The number of methoxy groups -OCH3 is 1. The summed E-state index contributed by atoms with van der Waals surface area (Å²) in [5, 5.41) is 2.09. The third kappa shape index (κ3) is 4.77. The molecule has 1 N–H and O–H groups in total. The Labute approximate surface area is 177 Å². The van der Waals surface area contributed by atoms with Gasteiger partial charge in [-0.3, -0.25) is 4.79 Å². The normalized spacial score (nSPS) is 11.4. The van der Waals surface area contributed by atoms with Gasteiger partial charge in [0.15, 0.2) is 0 Å². The molecule has 0 bridgehead atoms. The SMILES string of the molecule is CCN(CC)S(=O)(=O)c1ccc(Cl)c(C(=O)Nc2cc(C(=O)OC)c(F)cc2F)c1. The van der Waals surface area contributed by atoms with Crippen molar-refractivity contribution in [1.82, 2.24) is 4.31 Å². The predicted molar refractivity (Wildman–Crippen MR) is 107 cm³/mol. The molecule has 0 saturated carbocycles. The Kier molecular flexibility index (Phi) is 7.51. The van der Waals surface area contributed by atoms with Crippen molar-refractivity contribution in [2.75, 3.05) is 25.5 Å². The second kappa shape index (κ2) is 9.50. The summed E-state index contributed by atoms with van der Waals surface area (Å²) < 4.78 is 58.8. The lowest BCUT2D eigenvalue weighted by Gasteiger charge is -2.19. The highest BCUT2D eigenvalue weighted by Gasteiger charge is 2.25. The van der Waals surface area contributed by atoms with Crippen LogP contribution in [0.4, 0.5) is 14.5 Å². The highest BCUT2D eigenvalue weighted by atomic mass is 35.5. The molecule has 7 nitrogen and oxygen atoms in total. The average Bonchev–Trinajstić information content (AvgIpc) is 2.70. The lowest BCUT2D eigenvalue weighted by Crippen LogP contribution is -2.30. The quantitative estimate of drug-likeness (QED) is 0.636. The maximum Gasteiger partial charge on any atom is 0.340 e. The first-order chi connectivity index (χ1) is 14.1. The first-order valence-electron chi connectivity index (χ1n) is 8.75. The minimum Gasteiger partial charge on any atom is -0.465 e. The second-order valence-electron chi connectivity index (χ2n) is 5.99. The fourth-order valence-corrected chi connectivity index (χ4v) is 4.34. The van der Waals surface area contributed by atoms with E-state index >= 15 is 0 Å². The highest BCUT2D eigenvalue weighted by molar-refractivity contribution is 7.89. The Hall–Kier alpha value is -2.56. The molecular formula is C19H19ClF2N2O5S. The minimum absolute atomic E-state index is 0.0818. The summed E-state index contributed by atoms with van der Waals surface area (Å²) in [5.74, 6) is -4.31. The van der Waals surface area contributed by atoms with Gasteiger partial charge in [-0.25, -0.2) is 22.0 Å². The van der Waals surface area contributed by atoms with E-state index in [4.69, 9.17) is 11.6 Å². The topological polar surface area (TPSA) is 92.8 Å². The van der Waals surface area contributed by atoms with Crippen molar-refractivity contribution >= 4 is 39.2 Å². The van der Waals surface area contributed by atoms with Gasteiger partial charge in [0, 0.05) is 19.2 Å². The number of esters is 1. The number of carbonyl (C=O) groups is 2. The van der Waals surface area contributed by atoms with E-state index in [9.17, 15) is 26.8 Å². The van der Waals surface area contributed by atoms with Crippen LogP contribution in [-0.4, -0.2) is 44.8 Å². The first kappa shape index (κ1) is 23.7. The van der Waals surface area contributed by atoms with Gasteiger partial charge in [-0.2, -0.15) is 4.31 Å². The minimum atomic E-state index is -3.87. The first-order valence-corrected chi connectivity index (χ1v) is 10.6. The summed E-state index contributed by atoms with van der Waals surface area (Å²) in [6, 6.07) is 4.74. The van der Waals surface area contributed by atoms with Crippen LogP contribution in [0.3, 0.4) is 0 Å². The fourth-order valence-electron chi connectivity index (χ4n) is 2.65. The molecule has 0 saturated heterocycles. The maximum atomic E-state index is 14.1. The van der Waals surface area contributed by atoms with E-state index < -0.39 is 44.8 Å². The fraction of sp³-hybridized carbons (Fsp3) is 0.263. The third-order valence-corrected chi connectivity index (χ3v) is 6.61. The molecule has 30 heavy (non-hydrogen) atoms. The van der Waals surface area contributed by atoms with Gasteiger partial charge in [0.2, 0.25) is 10.0 Å². The maximum absolute atomic E-state index is 14.1. The van der Waals surface area contributed by atoms with Crippen molar-refractivity contribution in [2.45, 2.75) is 18.7 Å². The van der Waals surface area contributed by atoms with Crippen LogP contribution in [0.5, 0.6) is 0 Å². The van der Waals surface area contributed by atoms with E-state index in [-0.39, 0.29) is 28.6 Å². The number of hydrogen-bond donors (Lipinski definition) is 1. The molecule has 1 amide bonds. The van der Waals surface area contributed by atoms with Crippen molar-refractivity contribution in [3.8, 4) is 0 Å². The Balaban J connectivity index is 2.45. The molecule has 2 rings (SSSR count). The summed E-state index contributed by atoms with van der Waals surface area (Å²) in [7, 11) is -2.85. The second-order valence-corrected chi connectivity index (χ2v) is 8.33. The third-order valence-electron chi connectivity index (χ3n) is 4.24. The Bertz CT molecular complexity index is 1090. The van der Waals surface area contributed by atoms with Gasteiger partial charge in [0.1, 0.15) is 11.6 Å². The van der Waals surface area contributed by atoms with Crippen LogP contribution in [0.25, 0.3) is 0 Å². The largest absolute Gasteiger partial charge is 0.465 e. The smallest absolute Gasteiger partial charge is 0.340 e. The summed E-state index contributed by atoms with van der Waals surface area (Å²) in [6.07, 6.45) is 0. The van der Waals surface area contributed by atoms with E-state index in [1.54, 1.807) is 13.8 Å². The van der Waals surface area contributed by atoms with Gasteiger partial charge in [0.05, 0.1) is 33.8 Å². The molecule has 2 aromatic rings. The molecule has 0 aliphatic carbocycles. The zero-order valence-corrected chi connectivity index (χ0v) is 17.9. The molecule has 0 heterocycles. The molecule has 0 aliphatic rings. The van der Waals surface area contributed by atoms with Gasteiger partial charge in [-0.1, -0.05) is 25.4 Å².